The maximum Gasteiger partial charge on any atom is 0.151 e. The summed E-state index contributed by atoms with van der Waals surface area (Å²) in [6.45, 7) is 4.62. The zero-order chi connectivity index (χ0) is 15.0. The summed E-state index contributed by atoms with van der Waals surface area (Å²) in [6, 6.07) is 13.2. The van der Waals surface area contributed by atoms with Crippen LogP contribution in [0.4, 0.5) is 4.39 Å². The van der Waals surface area contributed by atoms with Gasteiger partial charge in [0.1, 0.15) is 11.3 Å². The van der Waals surface area contributed by atoms with Crippen molar-refractivity contribution in [1.29, 1.82) is 0 Å². The molecule has 21 heavy (non-hydrogen) atoms. The molecule has 3 nitrogen and oxygen atoms in total. The van der Waals surface area contributed by atoms with E-state index in [4.69, 9.17) is 5.73 Å². The minimum absolute atomic E-state index is 0.188. The van der Waals surface area contributed by atoms with Crippen molar-refractivity contribution in [2.75, 3.05) is 0 Å². The quantitative estimate of drug-likeness (QED) is 0.792. The average molecular weight is 283 g/mol. The Morgan fingerprint density at radius 3 is 2.67 bits per heavy atom. The smallest absolute Gasteiger partial charge is 0.151 e. The number of halogens is 1. The van der Waals surface area contributed by atoms with E-state index in [0.717, 1.165) is 22.5 Å². The van der Waals surface area contributed by atoms with E-state index in [1.165, 1.54) is 6.07 Å². The summed E-state index contributed by atoms with van der Waals surface area (Å²) < 4.78 is 16.1. The molecule has 0 saturated carbocycles. The van der Waals surface area contributed by atoms with Crippen LogP contribution in [-0.4, -0.2) is 9.55 Å². The summed E-state index contributed by atoms with van der Waals surface area (Å²) in [5.74, 6) is 0.489. The number of aromatic nitrogens is 2. The van der Waals surface area contributed by atoms with Crippen molar-refractivity contribution in [3.8, 4) is 11.4 Å². The highest BCUT2D eigenvalue weighted by Crippen LogP contribution is 2.29. The molecule has 1 aromatic heterocycles. The van der Waals surface area contributed by atoms with E-state index in [1.54, 1.807) is 6.07 Å². The van der Waals surface area contributed by atoms with E-state index >= 15 is 0 Å². The van der Waals surface area contributed by atoms with Crippen molar-refractivity contribution < 1.29 is 4.39 Å². The van der Waals surface area contributed by atoms with E-state index in [-0.39, 0.29) is 11.9 Å². The molecule has 0 fully saturated rings. The van der Waals surface area contributed by atoms with Gasteiger partial charge in [-0.2, -0.15) is 0 Å². The van der Waals surface area contributed by atoms with Gasteiger partial charge in [0.2, 0.25) is 0 Å². The molecule has 3 rings (SSSR count). The van der Waals surface area contributed by atoms with Gasteiger partial charge < -0.3 is 10.3 Å². The minimum atomic E-state index is -0.289. The summed E-state index contributed by atoms with van der Waals surface area (Å²) in [6.07, 6.45) is 0. The molecule has 0 saturated heterocycles. The Bertz CT molecular complexity index is 790. The van der Waals surface area contributed by atoms with Crippen molar-refractivity contribution in [3.05, 3.63) is 53.8 Å². The summed E-state index contributed by atoms with van der Waals surface area (Å²) in [4.78, 5) is 4.53. The largest absolute Gasteiger partial charge is 0.326 e. The number of imidazole rings is 1. The third-order valence-corrected chi connectivity index (χ3v) is 3.61. The molecular weight excluding hydrogens is 265 g/mol. The Morgan fingerprint density at radius 1 is 1.19 bits per heavy atom. The Balaban J connectivity index is 2.30. The second-order valence-corrected chi connectivity index (χ2v) is 5.41. The molecule has 4 heteroatoms. The van der Waals surface area contributed by atoms with Crippen LogP contribution in [0.2, 0.25) is 0 Å². The molecule has 0 spiro atoms. The lowest BCUT2D eigenvalue weighted by atomic mass is 10.1. The standard InChI is InChI=1S/C17H18FN3/c1-11(2)21-15-8-4-7-14(18)16(15)20-17(21)13-6-3-5-12(9-13)10-19/h3-9,11H,10,19H2,1-2H3. The second kappa shape index (κ2) is 5.30. The van der Waals surface area contributed by atoms with E-state index in [9.17, 15) is 4.39 Å². The van der Waals surface area contributed by atoms with Crippen LogP contribution in [0, 0.1) is 5.82 Å². The number of hydrogen-bond donors (Lipinski definition) is 1. The molecule has 2 N–H and O–H groups in total. The SMILES string of the molecule is CC(C)n1c(-c2cccc(CN)c2)nc2c(F)cccc21. The second-order valence-electron chi connectivity index (χ2n) is 5.41. The normalized spacial score (nSPS) is 11.5. The zero-order valence-electron chi connectivity index (χ0n) is 12.2. The summed E-state index contributed by atoms with van der Waals surface area (Å²) in [5.41, 5.74) is 8.94. The average Bonchev–Trinajstić information content (AvgIpc) is 2.88. The van der Waals surface area contributed by atoms with Gasteiger partial charge in [-0.3, -0.25) is 0 Å². The zero-order valence-corrected chi connectivity index (χ0v) is 12.2. The van der Waals surface area contributed by atoms with Crippen molar-refractivity contribution >= 4 is 11.0 Å². The lowest BCUT2D eigenvalue weighted by molar-refractivity contribution is 0.623. The van der Waals surface area contributed by atoms with Crippen molar-refractivity contribution in [2.45, 2.75) is 26.4 Å². The highest BCUT2D eigenvalue weighted by atomic mass is 19.1. The maximum atomic E-state index is 14.0. The fraction of sp³-hybridized carbons (Fsp3) is 0.235. The Hall–Kier alpha value is -2.20. The van der Waals surface area contributed by atoms with Crippen molar-refractivity contribution in [2.24, 2.45) is 5.73 Å². The Kier molecular flexibility index (Phi) is 3.47. The van der Waals surface area contributed by atoms with E-state index in [1.807, 2.05) is 30.3 Å². The van der Waals surface area contributed by atoms with Gasteiger partial charge in [-0.05, 0) is 37.6 Å². The van der Waals surface area contributed by atoms with E-state index in [2.05, 4.69) is 23.4 Å². The molecule has 1 heterocycles. The van der Waals surface area contributed by atoms with Gasteiger partial charge in [-0.25, -0.2) is 9.37 Å². The number of nitrogens with zero attached hydrogens (tertiary/aromatic N) is 2. The first-order valence-corrected chi connectivity index (χ1v) is 7.07. The molecule has 2 aromatic carbocycles. The Morgan fingerprint density at radius 2 is 1.95 bits per heavy atom. The lowest BCUT2D eigenvalue weighted by Crippen LogP contribution is -2.04. The van der Waals surface area contributed by atoms with Crippen LogP contribution in [0.5, 0.6) is 0 Å². The van der Waals surface area contributed by atoms with Crippen LogP contribution >= 0.6 is 0 Å². The van der Waals surface area contributed by atoms with Crippen molar-refractivity contribution in [1.82, 2.24) is 9.55 Å². The molecule has 0 aliphatic carbocycles. The maximum absolute atomic E-state index is 14.0. The molecule has 0 aliphatic heterocycles. The van der Waals surface area contributed by atoms with Crippen LogP contribution in [0.1, 0.15) is 25.5 Å². The fourth-order valence-electron chi connectivity index (χ4n) is 2.65. The molecule has 0 radical (unpaired) electrons. The minimum Gasteiger partial charge on any atom is -0.326 e. The predicted molar refractivity (Wildman–Crippen MR) is 83.4 cm³/mol. The molecule has 0 unspecified atom stereocenters. The number of nitrogens with two attached hydrogens (primary N) is 1. The first-order valence-electron chi connectivity index (χ1n) is 7.07. The predicted octanol–water partition coefficient (Wildman–Crippen LogP) is 3.88. The van der Waals surface area contributed by atoms with Gasteiger partial charge in [0.15, 0.2) is 5.82 Å². The van der Waals surface area contributed by atoms with Gasteiger partial charge in [0.25, 0.3) is 0 Å². The highest BCUT2D eigenvalue weighted by molar-refractivity contribution is 5.81. The molecular formula is C17H18FN3. The monoisotopic (exact) mass is 283 g/mol. The summed E-state index contributed by atoms with van der Waals surface area (Å²) in [5, 5.41) is 0. The number of rotatable bonds is 3. The molecule has 0 atom stereocenters. The molecule has 0 bridgehead atoms. The summed E-state index contributed by atoms with van der Waals surface area (Å²) in [7, 11) is 0. The van der Waals surface area contributed by atoms with Crippen LogP contribution < -0.4 is 5.73 Å². The van der Waals surface area contributed by atoms with Crippen LogP contribution in [-0.2, 0) is 6.54 Å². The van der Waals surface area contributed by atoms with Gasteiger partial charge in [0.05, 0.1) is 5.52 Å². The molecule has 0 aliphatic rings. The first-order chi connectivity index (χ1) is 10.1. The van der Waals surface area contributed by atoms with Crippen LogP contribution in [0.15, 0.2) is 42.5 Å². The van der Waals surface area contributed by atoms with Gasteiger partial charge >= 0.3 is 0 Å². The van der Waals surface area contributed by atoms with Gasteiger partial charge in [0, 0.05) is 18.2 Å². The van der Waals surface area contributed by atoms with E-state index in [0.29, 0.717) is 12.1 Å². The molecule has 3 aromatic rings. The van der Waals surface area contributed by atoms with E-state index < -0.39 is 0 Å². The number of benzene rings is 2. The van der Waals surface area contributed by atoms with Gasteiger partial charge in [-0.15, -0.1) is 0 Å². The Labute approximate surface area is 123 Å². The highest BCUT2D eigenvalue weighted by Gasteiger charge is 2.17. The number of fused-ring (bicyclic) bond motifs is 1. The number of hydrogen-bond acceptors (Lipinski definition) is 2. The fourth-order valence-corrected chi connectivity index (χ4v) is 2.65. The number of para-hydroxylation sites is 1. The van der Waals surface area contributed by atoms with Crippen LogP contribution in [0.3, 0.4) is 0 Å². The topological polar surface area (TPSA) is 43.8 Å². The van der Waals surface area contributed by atoms with Crippen molar-refractivity contribution in [3.63, 3.8) is 0 Å². The lowest BCUT2D eigenvalue weighted by Gasteiger charge is -2.13. The third-order valence-electron chi connectivity index (χ3n) is 3.61. The first kappa shape index (κ1) is 13.8. The molecule has 0 amide bonds. The van der Waals surface area contributed by atoms with Crippen LogP contribution in [0.25, 0.3) is 22.4 Å². The summed E-state index contributed by atoms with van der Waals surface area (Å²) >= 11 is 0. The van der Waals surface area contributed by atoms with Gasteiger partial charge in [-0.1, -0.05) is 24.3 Å². The third kappa shape index (κ3) is 2.32. The molecule has 108 valence electrons.